The van der Waals surface area contributed by atoms with E-state index in [1.165, 1.54) is 18.2 Å². The Morgan fingerprint density at radius 3 is 2.36 bits per heavy atom. The monoisotopic (exact) mass is 644 g/mol. The van der Waals surface area contributed by atoms with Gasteiger partial charge in [-0.05, 0) is 52.6 Å². The van der Waals surface area contributed by atoms with E-state index in [1.54, 1.807) is 72.8 Å². The minimum Gasteiger partial charge on any atom is -0.494 e. The number of nitrogens with zero attached hydrogens (tertiary/aromatic N) is 4. The summed E-state index contributed by atoms with van der Waals surface area (Å²) >= 11 is 0. The number of hydrazine groups is 1. The zero-order valence-electron chi connectivity index (χ0n) is 25.0. The van der Waals surface area contributed by atoms with Crippen LogP contribution in [0.2, 0.25) is 0 Å². The molecule has 0 spiro atoms. The van der Waals surface area contributed by atoms with Crippen LogP contribution in [-0.2, 0) is 28.7 Å². The summed E-state index contributed by atoms with van der Waals surface area (Å²) < 4.78 is 53.0. The smallest absolute Gasteiger partial charge is 0.416 e. The van der Waals surface area contributed by atoms with Crippen LogP contribution in [0.3, 0.4) is 0 Å². The lowest BCUT2D eigenvalue weighted by atomic mass is 9.81. The van der Waals surface area contributed by atoms with Crippen LogP contribution in [0.5, 0.6) is 5.75 Å². The lowest BCUT2D eigenvalue weighted by Gasteiger charge is -2.31. The average Bonchev–Trinajstić information content (AvgIpc) is 3.47. The molecule has 0 saturated heterocycles. The quantitative estimate of drug-likeness (QED) is 0.0487. The largest absolute Gasteiger partial charge is 0.494 e. The summed E-state index contributed by atoms with van der Waals surface area (Å²) in [6, 6.07) is 27.7. The maximum Gasteiger partial charge on any atom is 0.416 e. The molecule has 1 amide bonds. The molecule has 1 heterocycles. The number of nitrogens with one attached hydrogen (secondary N) is 2. The van der Waals surface area contributed by atoms with Gasteiger partial charge in [0.15, 0.2) is 11.6 Å². The van der Waals surface area contributed by atoms with E-state index in [9.17, 15) is 23.5 Å². The minimum atomic E-state index is -4.58. The van der Waals surface area contributed by atoms with Gasteiger partial charge in [0, 0.05) is 42.2 Å². The molecule has 0 bridgehead atoms. The predicted octanol–water partition coefficient (Wildman–Crippen LogP) is 6.73. The van der Waals surface area contributed by atoms with E-state index < -0.39 is 29.3 Å². The molecule has 0 saturated carbocycles. The highest BCUT2D eigenvalue weighted by Crippen LogP contribution is 2.43. The molecule has 1 aliphatic rings. The molecule has 47 heavy (non-hydrogen) atoms. The van der Waals surface area contributed by atoms with Gasteiger partial charge in [0.25, 0.3) is 5.91 Å². The van der Waals surface area contributed by atoms with E-state index in [2.05, 4.69) is 20.9 Å². The van der Waals surface area contributed by atoms with E-state index in [1.807, 2.05) is 6.07 Å². The third-order valence-electron chi connectivity index (χ3n) is 7.54. The van der Waals surface area contributed by atoms with Gasteiger partial charge in [0.05, 0.1) is 12.2 Å². The van der Waals surface area contributed by atoms with Gasteiger partial charge in [-0.15, -0.1) is 0 Å². The van der Waals surface area contributed by atoms with Crippen molar-refractivity contribution >= 4 is 17.5 Å². The van der Waals surface area contributed by atoms with Crippen molar-refractivity contribution in [3.8, 4) is 5.75 Å². The Morgan fingerprint density at radius 2 is 1.66 bits per heavy atom. The van der Waals surface area contributed by atoms with Gasteiger partial charge >= 0.3 is 6.18 Å². The lowest BCUT2D eigenvalue weighted by Crippen LogP contribution is -2.53. The van der Waals surface area contributed by atoms with Gasteiger partial charge in [-0.3, -0.25) is 10.2 Å². The molecule has 0 fully saturated rings. The van der Waals surface area contributed by atoms with Crippen LogP contribution < -0.4 is 15.6 Å². The SMILES string of the molecule is [N-]=[N+]=Nc1ccccc1C[C@]1(C(=O)NNCc2ccccc2C(F)(F)F)N=C(c2ccc(OCCCO)cc2)O[C@H]1c1ccccc1. The van der Waals surface area contributed by atoms with Crippen LogP contribution in [0.1, 0.15) is 40.3 Å². The molecule has 13 heteroatoms. The van der Waals surface area contributed by atoms with E-state index in [0.29, 0.717) is 35.5 Å². The Balaban J connectivity index is 1.54. The van der Waals surface area contributed by atoms with Crippen LogP contribution >= 0.6 is 0 Å². The van der Waals surface area contributed by atoms with Gasteiger partial charge in [0.1, 0.15) is 5.75 Å². The summed E-state index contributed by atoms with van der Waals surface area (Å²) in [5, 5.41) is 12.8. The molecule has 3 N–H and O–H groups in total. The number of ether oxygens (including phenoxy) is 2. The Labute approximate surface area is 268 Å². The average molecular weight is 645 g/mol. The molecule has 5 rings (SSSR count). The maximum absolute atomic E-state index is 14.3. The molecule has 0 aromatic heterocycles. The number of carbonyl (C=O) groups is 1. The summed E-state index contributed by atoms with van der Waals surface area (Å²) in [6.45, 7) is 0.00986. The zero-order chi connectivity index (χ0) is 33.3. The van der Waals surface area contributed by atoms with Crippen molar-refractivity contribution in [3.05, 3.63) is 141 Å². The van der Waals surface area contributed by atoms with Crippen LogP contribution in [-0.4, -0.2) is 35.7 Å². The summed E-state index contributed by atoms with van der Waals surface area (Å²) in [5.74, 6) is 0.0428. The topological polar surface area (TPSA) is 141 Å². The number of alkyl halides is 3. The van der Waals surface area contributed by atoms with Gasteiger partial charge in [-0.1, -0.05) is 77.9 Å². The fourth-order valence-corrected chi connectivity index (χ4v) is 5.29. The number of aliphatic hydroxyl groups excluding tert-OH is 1. The molecule has 4 aromatic rings. The van der Waals surface area contributed by atoms with Crippen molar-refractivity contribution in [2.45, 2.75) is 37.2 Å². The number of aliphatic imine (C=N–C) groups is 1. The van der Waals surface area contributed by atoms with Crippen LogP contribution in [0.4, 0.5) is 18.9 Å². The van der Waals surface area contributed by atoms with E-state index in [4.69, 9.17) is 19.6 Å². The second kappa shape index (κ2) is 14.8. The first kappa shape index (κ1) is 33.0. The second-order valence-electron chi connectivity index (χ2n) is 10.7. The number of hydrogen-bond acceptors (Lipinski definition) is 7. The zero-order valence-corrected chi connectivity index (χ0v) is 25.0. The molecule has 0 aliphatic carbocycles. The van der Waals surface area contributed by atoms with Crippen molar-refractivity contribution < 1.29 is 32.5 Å². The number of azide groups is 1. The van der Waals surface area contributed by atoms with Crippen molar-refractivity contribution in [2.75, 3.05) is 13.2 Å². The summed E-state index contributed by atoms with van der Waals surface area (Å²) in [4.78, 5) is 22.2. The summed E-state index contributed by atoms with van der Waals surface area (Å²) in [5.41, 5.74) is 13.8. The first-order valence-corrected chi connectivity index (χ1v) is 14.7. The standard InChI is InChI=1S/C34H31F3N6O4/c35-34(36,37)28-13-6-4-12-26(28)22-39-42-32(45)33(21-25-11-5-7-14-29(25)41-43-38)30(23-9-2-1-3-10-23)47-31(40-33)24-15-17-27(18-16-24)46-20-8-19-44/h1-7,9-18,30,39,44H,8,19-22H2,(H,42,45)/t30-,33-/m0/s1. The summed E-state index contributed by atoms with van der Waals surface area (Å²) in [7, 11) is 0. The predicted molar refractivity (Wildman–Crippen MR) is 169 cm³/mol. The van der Waals surface area contributed by atoms with Crippen molar-refractivity contribution in [1.82, 2.24) is 10.9 Å². The molecule has 0 unspecified atom stereocenters. The summed E-state index contributed by atoms with van der Waals surface area (Å²) in [6.07, 6.45) is -5.17. The third-order valence-corrected chi connectivity index (χ3v) is 7.54. The molecule has 242 valence electrons. The number of benzene rings is 4. The van der Waals surface area contributed by atoms with Crippen molar-refractivity contribution in [3.63, 3.8) is 0 Å². The minimum absolute atomic E-state index is 0.000253. The lowest BCUT2D eigenvalue weighted by molar-refractivity contribution is -0.138. The van der Waals surface area contributed by atoms with Crippen LogP contribution in [0.15, 0.2) is 113 Å². The second-order valence-corrected chi connectivity index (χ2v) is 10.7. The van der Waals surface area contributed by atoms with Gasteiger partial charge in [-0.2, -0.15) is 13.2 Å². The highest BCUT2D eigenvalue weighted by Gasteiger charge is 2.53. The molecular weight excluding hydrogens is 613 g/mol. The first-order chi connectivity index (χ1) is 22.7. The maximum atomic E-state index is 14.3. The first-order valence-electron chi connectivity index (χ1n) is 14.7. The molecule has 1 aliphatic heterocycles. The van der Waals surface area contributed by atoms with Gasteiger partial charge in [0.2, 0.25) is 5.90 Å². The highest BCUT2D eigenvalue weighted by molar-refractivity contribution is 6.01. The van der Waals surface area contributed by atoms with Crippen molar-refractivity contribution in [1.29, 1.82) is 0 Å². The normalized spacial score (nSPS) is 17.3. The Bertz CT molecular complexity index is 1760. The number of rotatable bonds is 13. The molecule has 4 aromatic carbocycles. The number of amides is 1. The number of aliphatic hydroxyl groups is 1. The molecule has 0 radical (unpaired) electrons. The van der Waals surface area contributed by atoms with Gasteiger partial charge < -0.3 is 14.6 Å². The molecular formula is C34H31F3N6O4. The third kappa shape index (κ3) is 7.72. The fraction of sp³-hybridized carbons (Fsp3) is 0.235. The highest BCUT2D eigenvalue weighted by atomic mass is 19.4. The van der Waals surface area contributed by atoms with Gasteiger partial charge in [-0.25, -0.2) is 10.4 Å². The number of halogens is 3. The van der Waals surface area contributed by atoms with E-state index in [-0.39, 0.29) is 36.7 Å². The molecule has 10 nitrogen and oxygen atoms in total. The molecule has 2 atom stereocenters. The Kier molecular flexibility index (Phi) is 10.4. The number of hydrogen-bond donors (Lipinski definition) is 3. The van der Waals surface area contributed by atoms with E-state index >= 15 is 0 Å². The fourth-order valence-electron chi connectivity index (χ4n) is 5.29. The van der Waals surface area contributed by atoms with E-state index in [0.717, 1.165) is 6.07 Å². The van der Waals surface area contributed by atoms with Crippen LogP contribution in [0.25, 0.3) is 10.4 Å². The Morgan fingerprint density at radius 1 is 0.979 bits per heavy atom. The number of carbonyl (C=O) groups excluding carboxylic acids is 1. The Hall–Kier alpha value is -5.36. The van der Waals surface area contributed by atoms with Crippen molar-refractivity contribution in [2.24, 2.45) is 10.1 Å². The van der Waals surface area contributed by atoms with Crippen LogP contribution in [0, 0.1) is 0 Å².